The summed E-state index contributed by atoms with van der Waals surface area (Å²) < 4.78 is 2.04. The van der Waals surface area contributed by atoms with Crippen LogP contribution in [-0.4, -0.2) is 14.8 Å². The molecule has 0 bridgehead atoms. The lowest BCUT2D eigenvalue weighted by Gasteiger charge is -2.10. The van der Waals surface area contributed by atoms with Gasteiger partial charge in [-0.15, -0.1) is 0 Å². The molecule has 0 amide bonds. The molecule has 1 aliphatic carbocycles. The summed E-state index contributed by atoms with van der Waals surface area (Å²) in [5, 5.41) is 14.3. The molecule has 1 saturated carbocycles. The number of aromatic nitrogens is 3. The van der Waals surface area contributed by atoms with Gasteiger partial charge >= 0.3 is 0 Å². The van der Waals surface area contributed by atoms with Crippen molar-refractivity contribution in [3.05, 3.63) is 52.4 Å². The number of rotatable bonds is 3. The highest BCUT2D eigenvalue weighted by Crippen LogP contribution is 2.34. The molecule has 120 valence electrons. The number of pyridine rings is 1. The van der Waals surface area contributed by atoms with Crippen molar-refractivity contribution in [2.24, 2.45) is 0 Å². The van der Waals surface area contributed by atoms with Gasteiger partial charge in [0, 0.05) is 11.8 Å². The Morgan fingerprint density at radius 1 is 1.21 bits per heavy atom. The Morgan fingerprint density at radius 3 is 2.67 bits per heavy atom. The molecule has 3 aromatic rings. The fraction of sp³-hybridized carbons (Fsp3) is 0.316. The molecule has 0 saturated heterocycles. The molecule has 0 aliphatic heterocycles. The van der Waals surface area contributed by atoms with Gasteiger partial charge in [-0.25, -0.2) is 0 Å². The summed E-state index contributed by atoms with van der Waals surface area (Å²) in [6.07, 6.45) is 6.74. The van der Waals surface area contributed by atoms with Gasteiger partial charge in [-0.1, -0.05) is 37.1 Å². The van der Waals surface area contributed by atoms with E-state index in [0.29, 0.717) is 17.8 Å². The van der Waals surface area contributed by atoms with Crippen molar-refractivity contribution in [3.63, 3.8) is 0 Å². The second kappa shape index (κ2) is 5.97. The second-order valence-corrected chi connectivity index (χ2v) is 6.33. The molecular formula is C19H18N4O. The fourth-order valence-corrected chi connectivity index (χ4v) is 3.60. The van der Waals surface area contributed by atoms with E-state index in [2.05, 4.69) is 11.1 Å². The van der Waals surface area contributed by atoms with E-state index in [0.717, 1.165) is 35.2 Å². The lowest BCUT2D eigenvalue weighted by molar-refractivity contribution is 0.483. The first-order valence-electron chi connectivity index (χ1n) is 8.34. The van der Waals surface area contributed by atoms with Crippen molar-refractivity contribution >= 4 is 10.9 Å². The summed E-state index contributed by atoms with van der Waals surface area (Å²) in [5.74, 6) is 0. The van der Waals surface area contributed by atoms with E-state index in [4.69, 9.17) is 10.4 Å². The number of benzene rings is 1. The van der Waals surface area contributed by atoms with E-state index in [9.17, 15) is 4.79 Å². The van der Waals surface area contributed by atoms with E-state index in [1.54, 1.807) is 6.20 Å². The van der Waals surface area contributed by atoms with Crippen molar-refractivity contribution in [2.45, 2.75) is 38.1 Å². The number of nitriles is 1. The van der Waals surface area contributed by atoms with Crippen molar-refractivity contribution in [1.29, 1.82) is 5.26 Å². The van der Waals surface area contributed by atoms with Gasteiger partial charge in [-0.05, 0) is 24.5 Å². The van der Waals surface area contributed by atoms with Crippen LogP contribution in [0.15, 0.2) is 41.3 Å². The number of hydrogen-bond acceptors (Lipinski definition) is 3. The molecule has 1 aliphatic rings. The number of nitrogens with zero attached hydrogens (tertiary/aromatic N) is 3. The van der Waals surface area contributed by atoms with Crippen LogP contribution in [0.2, 0.25) is 0 Å². The van der Waals surface area contributed by atoms with Gasteiger partial charge in [0.25, 0.3) is 5.56 Å². The van der Waals surface area contributed by atoms with Gasteiger partial charge in [0.15, 0.2) is 0 Å². The Labute approximate surface area is 139 Å². The molecule has 4 rings (SSSR count). The average molecular weight is 318 g/mol. The third kappa shape index (κ3) is 2.41. The van der Waals surface area contributed by atoms with Crippen molar-refractivity contribution in [3.8, 4) is 17.3 Å². The first-order chi connectivity index (χ1) is 11.8. The first kappa shape index (κ1) is 14.7. The molecule has 1 N–H and O–H groups in total. The highest BCUT2D eigenvalue weighted by atomic mass is 16.1. The Kier molecular flexibility index (Phi) is 3.66. The summed E-state index contributed by atoms with van der Waals surface area (Å²) >= 11 is 0. The predicted octanol–water partition coefficient (Wildman–Crippen LogP) is 3.57. The van der Waals surface area contributed by atoms with Crippen molar-refractivity contribution in [1.82, 2.24) is 14.8 Å². The topological polar surface area (TPSA) is 74.5 Å². The molecule has 0 spiro atoms. The summed E-state index contributed by atoms with van der Waals surface area (Å²) in [6, 6.07) is 12.2. The van der Waals surface area contributed by atoms with Gasteiger partial charge in [0.2, 0.25) is 0 Å². The van der Waals surface area contributed by atoms with E-state index in [-0.39, 0.29) is 5.56 Å². The maximum atomic E-state index is 12.4. The molecule has 0 unspecified atom stereocenters. The van der Waals surface area contributed by atoms with E-state index in [1.807, 2.05) is 35.0 Å². The molecule has 2 aromatic heterocycles. The monoisotopic (exact) mass is 318 g/mol. The number of H-pyrrole nitrogens is 1. The van der Waals surface area contributed by atoms with Gasteiger partial charge in [0.05, 0.1) is 29.4 Å². The molecule has 0 atom stereocenters. The fourth-order valence-electron chi connectivity index (χ4n) is 3.60. The minimum atomic E-state index is -0.104. The molecule has 1 fully saturated rings. The van der Waals surface area contributed by atoms with E-state index < -0.39 is 0 Å². The SMILES string of the molecule is N#CCc1ccc(-c2nn(C3CCCC3)c3cc[nH]c(=O)c23)cc1. The van der Waals surface area contributed by atoms with Crippen LogP contribution in [0.3, 0.4) is 0 Å². The van der Waals surface area contributed by atoms with Crippen LogP contribution in [-0.2, 0) is 6.42 Å². The zero-order valence-electron chi connectivity index (χ0n) is 13.3. The lowest BCUT2D eigenvalue weighted by atomic mass is 10.1. The number of hydrogen-bond donors (Lipinski definition) is 1. The second-order valence-electron chi connectivity index (χ2n) is 6.33. The van der Waals surface area contributed by atoms with Crippen LogP contribution in [0.4, 0.5) is 0 Å². The molecule has 24 heavy (non-hydrogen) atoms. The molecular weight excluding hydrogens is 300 g/mol. The maximum absolute atomic E-state index is 12.4. The highest BCUT2D eigenvalue weighted by Gasteiger charge is 2.23. The number of aromatic amines is 1. The smallest absolute Gasteiger partial charge is 0.259 e. The first-order valence-corrected chi connectivity index (χ1v) is 8.34. The van der Waals surface area contributed by atoms with Gasteiger partial charge in [-0.2, -0.15) is 10.4 Å². The summed E-state index contributed by atoms with van der Waals surface area (Å²) in [5.41, 5.74) is 3.40. The minimum Gasteiger partial charge on any atom is -0.328 e. The molecule has 5 nitrogen and oxygen atoms in total. The van der Waals surface area contributed by atoms with Crippen LogP contribution in [0.5, 0.6) is 0 Å². The number of nitrogens with one attached hydrogen (secondary N) is 1. The van der Waals surface area contributed by atoms with E-state index in [1.165, 1.54) is 12.8 Å². The van der Waals surface area contributed by atoms with Crippen LogP contribution >= 0.6 is 0 Å². The standard InChI is InChI=1S/C19H18N4O/c20-11-9-13-5-7-14(8-6-13)18-17-16(10-12-21-19(17)24)23(22-18)15-3-1-2-4-15/h5-8,10,12,15H,1-4,9H2,(H,21,24). The van der Waals surface area contributed by atoms with Crippen LogP contribution in [0.25, 0.3) is 22.2 Å². The third-order valence-electron chi connectivity index (χ3n) is 4.81. The van der Waals surface area contributed by atoms with Gasteiger partial charge < -0.3 is 4.98 Å². The van der Waals surface area contributed by atoms with Crippen molar-refractivity contribution < 1.29 is 0 Å². The minimum absolute atomic E-state index is 0.104. The van der Waals surface area contributed by atoms with Crippen LogP contribution in [0.1, 0.15) is 37.3 Å². The average Bonchev–Trinajstić information content (AvgIpc) is 3.24. The Bertz CT molecular complexity index is 969. The van der Waals surface area contributed by atoms with Gasteiger partial charge in [0.1, 0.15) is 5.69 Å². The third-order valence-corrected chi connectivity index (χ3v) is 4.81. The van der Waals surface area contributed by atoms with Crippen LogP contribution in [0, 0.1) is 11.3 Å². The quantitative estimate of drug-likeness (QED) is 0.802. The predicted molar refractivity (Wildman–Crippen MR) is 92.6 cm³/mol. The Balaban J connectivity index is 1.88. The molecule has 2 heterocycles. The van der Waals surface area contributed by atoms with E-state index >= 15 is 0 Å². The van der Waals surface area contributed by atoms with Crippen molar-refractivity contribution in [2.75, 3.05) is 0 Å². The molecule has 5 heteroatoms. The highest BCUT2D eigenvalue weighted by molar-refractivity contribution is 5.92. The Hall–Kier alpha value is -2.87. The summed E-state index contributed by atoms with van der Waals surface area (Å²) in [7, 11) is 0. The van der Waals surface area contributed by atoms with Crippen LogP contribution < -0.4 is 5.56 Å². The van der Waals surface area contributed by atoms with Gasteiger partial charge in [-0.3, -0.25) is 9.48 Å². The molecule has 0 radical (unpaired) electrons. The zero-order chi connectivity index (χ0) is 16.5. The Morgan fingerprint density at radius 2 is 1.96 bits per heavy atom. The zero-order valence-corrected chi connectivity index (χ0v) is 13.3. The summed E-state index contributed by atoms with van der Waals surface area (Å²) in [4.78, 5) is 15.2. The largest absolute Gasteiger partial charge is 0.328 e. The lowest BCUT2D eigenvalue weighted by Crippen LogP contribution is -2.08. The number of fused-ring (bicyclic) bond motifs is 1. The molecule has 1 aromatic carbocycles. The normalized spacial score (nSPS) is 15.0. The summed E-state index contributed by atoms with van der Waals surface area (Å²) in [6.45, 7) is 0. The maximum Gasteiger partial charge on any atom is 0.259 e.